The average Bonchev–Trinajstić information content (AvgIpc) is 3.04. The van der Waals surface area contributed by atoms with Crippen molar-refractivity contribution < 1.29 is 4.92 Å². The number of thiophene rings is 1. The first-order valence-electron chi connectivity index (χ1n) is 6.22. The van der Waals surface area contributed by atoms with Crippen LogP contribution in [0.25, 0.3) is 16.3 Å². The Balaban J connectivity index is 2.12. The van der Waals surface area contributed by atoms with Crippen LogP contribution in [0.5, 0.6) is 0 Å². The molecule has 7 heteroatoms. The number of nitro groups is 1. The van der Waals surface area contributed by atoms with Gasteiger partial charge in [0.25, 0.3) is 5.69 Å². The fraction of sp³-hybridized carbons (Fsp3) is 0.0714. The highest BCUT2D eigenvalue weighted by Crippen LogP contribution is 2.32. The molecule has 21 heavy (non-hydrogen) atoms. The largest absolute Gasteiger partial charge is 0.396 e. The van der Waals surface area contributed by atoms with E-state index in [0.29, 0.717) is 17.1 Å². The fourth-order valence-corrected chi connectivity index (χ4v) is 2.95. The monoisotopic (exact) mass is 300 g/mol. The van der Waals surface area contributed by atoms with Crippen LogP contribution in [0, 0.1) is 17.0 Å². The molecule has 0 spiro atoms. The van der Waals surface area contributed by atoms with Crippen LogP contribution in [0.3, 0.4) is 0 Å². The standard InChI is InChI=1S/C14H12N4O2S/c1-9-6-7-13(21-9)14-10(15)8-17(16-14)11-4-2-3-5-12(11)18(19)20/h2-8H,15H2,1H3. The van der Waals surface area contributed by atoms with Crippen molar-refractivity contribution in [2.45, 2.75) is 6.92 Å². The van der Waals surface area contributed by atoms with Gasteiger partial charge in [-0.15, -0.1) is 11.3 Å². The van der Waals surface area contributed by atoms with Gasteiger partial charge in [-0.25, -0.2) is 4.68 Å². The highest BCUT2D eigenvalue weighted by molar-refractivity contribution is 7.15. The summed E-state index contributed by atoms with van der Waals surface area (Å²) < 4.78 is 1.46. The van der Waals surface area contributed by atoms with Crippen LogP contribution in [-0.2, 0) is 0 Å². The zero-order valence-corrected chi connectivity index (χ0v) is 12.0. The number of rotatable bonds is 3. The van der Waals surface area contributed by atoms with Crippen molar-refractivity contribution in [1.29, 1.82) is 0 Å². The highest BCUT2D eigenvalue weighted by Gasteiger charge is 2.18. The normalized spacial score (nSPS) is 10.7. The van der Waals surface area contributed by atoms with Gasteiger partial charge in [0, 0.05) is 10.9 Å². The van der Waals surface area contributed by atoms with Crippen molar-refractivity contribution in [2.24, 2.45) is 0 Å². The first kappa shape index (κ1) is 13.3. The van der Waals surface area contributed by atoms with E-state index in [1.54, 1.807) is 35.7 Å². The summed E-state index contributed by atoms with van der Waals surface area (Å²) in [5.74, 6) is 0. The van der Waals surface area contributed by atoms with Gasteiger partial charge >= 0.3 is 0 Å². The first-order chi connectivity index (χ1) is 10.1. The van der Waals surface area contributed by atoms with Gasteiger partial charge in [-0.05, 0) is 25.1 Å². The predicted molar refractivity (Wildman–Crippen MR) is 82.7 cm³/mol. The summed E-state index contributed by atoms with van der Waals surface area (Å²) in [6.07, 6.45) is 1.60. The van der Waals surface area contributed by atoms with E-state index in [2.05, 4.69) is 5.10 Å². The Bertz CT molecular complexity index is 822. The van der Waals surface area contributed by atoms with Crippen LogP contribution >= 0.6 is 11.3 Å². The molecule has 106 valence electrons. The number of anilines is 1. The maximum Gasteiger partial charge on any atom is 0.294 e. The summed E-state index contributed by atoms with van der Waals surface area (Å²) in [7, 11) is 0. The third-order valence-electron chi connectivity index (χ3n) is 3.04. The van der Waals surface area contributed by atoms with Gasteiger partial charge in [0.15, 0.2) is 0 Å². The molecule has 0 aliphatic carbocycles. The number of benzene rings is 1. The Hall–Kier alpha value is -2.67. The minimum Gasteiger partial charge on any atom is -0.396 e. The molecule has 0 saturated heterocycles. The number of hydrogen-bond donors (Lipinski definition) is 1. The van der Waals surface area contributed by atoms with E-state index < -0.39 is 4.92 Å². The molecule has 1 aromatic carbocycles. The van der Waals surface area contributed by atoms with Crippen LogP contribution in [0.15, 0.2) is 42.6 Å². The van der Waals surface area contributed by atoms with Gasteiger partial charge in [0.05, 0.1) is 21.7 Å². The molecule has 0 bridgehead atoms. The SMILES string of the molecule is Cc1ccc(-c2nn(-c3ccccc3[N+](=O)[O-])cc2N)s1. The Labute approximate surface area is 124 Å². The second-order valence-corrected chi connectivity index (χ2v) is 5.82. The lowest BCUT2D eigenvalue weighted by Gasteiger charge is -2.01. The van der Waals surface area contributed by atoms with Crippen LogP contribution < -0.4 is 5.73 Å². The molecule has 3 aromatic rings. The zero-order valence-electron chi connectivity index (χ0n) is 11.2. The molecule has 0 aliphatic rings. The molecule has 0 unspecified atom stereocenters. The number of nitrogen functional groups attached to an aromatic ring is 1. The van der Waals surface area contributed by atoms with Crippen molar-refractivity contribution in [2.75, 3.05) is 5.73 Å². The topological polar surface area (TPSA) is 87.0 Å². The lowest BCUT2D eigenvalue weighted by Crippen LogP contribution is -2.00. The highest BCUT2D eigenvalue weighted by atomic mass is 32.1. The molecule has 2 N–H and O–H groups in total. The molecule has 0 radical (unpaired) electrons. The zero-order chi connectivity index (χ0) is 15.0. The number of nitrogens with zero attached hydrogens (tertiary/aromatic N) is 3. The quantitative estimate of drug-likeness (QED) is 0.593. The van der Waals surface area contributed by atoms with E-state index in [1.807, 2.05) is 19.1 Å². The van der Waals surface area contributed by atoms with Crippen molar-refractivity contribution in [3.8, 4) is 16.3 Å². The third kappa shape index (κ3) is 2.38. The molecule has 0 aliphatic heterocycles. The molecule has 0 fully saturated rings. The minimum absolute atomic E-state index is 0.00564. The van der Waals surface area contributed by atoms with Crippen LogP contribution in [0.4, 0.5) is 11.4 Å². The summed E-state index contributed by atoms with van der Waals surface area (Å²) in [6, 6.07) is 10.4. The minimum atomic E-state index is -0.428. The summed E-state index contributed by atoms with van der Waals surface area (Å²) in [5, 5.41) is 15.5. The lowest BCUT2D eigenvalue weighted by molar-refractivity contribution is -0.384. The van der Waals surface area contributed by atoms with Gasteiger partial charge in [-0.2, -0.15) is 5.10 Å². The Morgan fingerprint density at radius 1 is 1.29 bits per heavy atom. The second-order valence-electron chi connectivity index (χ2n) is 4.53. The first-order valence-corrected chi connectivity index (χ1v) is 7.03. The predicted octanol–water partition coefficient (Wildman–Crippen LogP) is 3.40. The van der Waals surface area contributed by atoms with E-state index in [9.17, 15) is 10.1 Å². The van der Waals surface area contributed by atoms with E-state index in [-0.39, 0.29) is 5.69 Å². The van der Waals surface area contributed by atoms with E-state index in [0.717, 1.165) is 9.75 Å². The maximum absolute atomic E-state index is 11.1. The fourth-order valence-electron chi connectivity index (χ4n) is 2.08. The molecule has 0 saturated carbocycles. The number of para-hydroxylation sites is 2. The number of aryl methyl sites for hydroxylation is 1. The number of nitro benzene ring substituents is 1. The smallest absolute Gasteiger partial charge is 0.294 e. The average molecular weight is 300 g/mol. The summed E-state index contributed by atoms with van der Waals surface area (Å²) in [5.41, 5.74) is 7.53. The van der Waals surface area contributed by atoms with Gasteiger partial charge in [0.1, 0.15) is 11.4 Å². The molecule has 0 atom stereocenters. The molecular formula is C14H12N4O2S. The molecular weight excluding hydrogens is 288 g/mol. The van der Waals surface area contributed by atoms with Gasteiger partial charge in [-0.3, -0.25) is 10.1 Å². The molecule has 2 aromatic heterocycles. The summed E-state index contributed by atoms with van der Waals surface area (Å²) in [4.78, 5) is 12.8. The third-order valence-corrected chi connectivity index (χ3v) is 4.05. The van der Waals surface area contributed by atoms with Gasteiger partial charge in [-0.1, -0.05) is 12.1 Å². The molecule has 2 heterocycles. The van der Waals surface area contributed by atoms with Crippen LogP contribution in [0.2, 0.25) is 0 Å². The van der Waals surface area contributed by atoms with Gasteiger partial charge < -0.3 is 5.73 Å². The second kappa shape index (κ2) is 5.02. The van der Waals surface area contributed by atoms with Crippen molar-refractivity contribution in [1.82, 2.24) is 9.78 Å². The molecule has 0 amide bonds. The summed E-state index contributed by atoms with van der Waals surface area (Å²) in [6.45, 7) is 2.00. The Morgan fingerprint density at radius 2 is 2.05 bits per heavy atom. The lowest BCUT2D eigenvalue weighted by atomic mass is 10.3. The van der Waals surface area contributed by atoms with E-state index in [4.69, 9.17) is 5.73 Å². The molecule has 6 nitrogen and oxygen atoms in total. The van der Waals surface area contributed by atoms with Crippen molar-refractivity contribution >= 4 is 22.7 Å². The summed E-state index contributed by atoms with van der Waals surface area (Å²) >= 11 is 1.58. The van der Waals surface area contributed by atoms with Gasteiger partial charge in [0.2, 0.25) is 0 Å². The number of aromatic nitrogens is 2. The van der Waals surface area contributed by atoms with Crippen LogP contribution in [-0.4, -0.2) is 14.7 Å². The maximum atomic E-state index is 11.1. The number of hydrogen-bond acceptors (Lipinski definition) is 5. The Morgan fingerprint density at radius 3 is 2.71 bits per heavy atom. The molecule has 3 rings (SSSR count). The number of nitrogens with two attached hydrogens (primary N) is 1. The Kier molecular flexibility index (Phi) is 3.19. The van der Waals surface area contributed by atoms with Crippen LogP contribution in [0.1, 0.15) is 4.88 Å². The van der Waals surface area contributed by atoms with Crippen molar-refractivity contribution in [3.63, 3.8) is 0 Å². The van der Waals surface area contributed by atoms with E-state index >= 15 is 0 Å². The van der Waals surface area contributed by atoms with Crippen molar-refractivity contribution in [3.05, 3.63) is 57.6 Å². The van der Waals surface area contributed by atoms with E-state index in [1.165, 1.54) is 10.7 Å².